The molecule has 1 saturated heterocycles. The predicted molar refractivity (Wildman–Crippen MR) is 53.9 cm³/mol. The molecule has 2 rings (SSSR count). The second kappa shape index (κ2) is 4.51. The molecule has 1 aliphatic rings. The number of rotatable bonds is 2. The highest BCUT2D eigenvalue weighted by atomic mass is 16.6. The molecule has 0 saturated carbocycles. The van der Waals surface area contributed by atoms with Crippen molar-refractivity contribution in [2.24, 2.45) is 0 Å². The molecule has 2 heterocycles. The normalized spacial score (nSPS) is 21.3. The maximum atomic E-state index is 12.0. The van der Waals surface area contributed by atoms with Crippen LogP contribution in [-0.2, 0) is 9.47 Å². The van der Waals surface area contributed by atoms with Crippen molar-refractivity contribution in [1.82, 2.24) is 4.98 Å². The highest BCUT2D eigenvalue weighted by Crippen LogP contribution is 2.12. The first-order valence-electron chi connectivity index (χ1n) is 4.93. The summed E-state index contributed by atoms with van der Waals surface area (Å²) >= 11 is 0. The number of carbonyl (C=O) groups is 1. The maximum absolute atomic E-state index is 12.0. The van der Waals surface area contributed by atoms with Crippen molar-refractivity contribution in [3.05, 3.63) is 29.6 Å². The molecule has 1 aromatic rings. The van der Waals surface area contributed by atoms with Gasteiger partial charge in [-0.15, -0.1) is 0 Å². The molecule has 0 amide bonds. The number of pyridine rings is 1. The lowest BCUT2D eigenvalue weighted by molar-refractivity contribution is -0.0719. The number of Topliss-reactive ketones (excluding diaryl/α,β-unsaturated/α-hetero) is 1. The molecule has 0 bridgehead atoms. The van der Waals surface area contributed by atoms with E-state index in [0.29, 0.717) is 25.4 Å². The summed E-state index contributed by atoms with van der Waals surface area (Å²) in [5.41, 5.74) is 1.54. The van der Waals surface area contributed by atoms with Gasteiger partial charge in [-0.25, -0.2) is 0 Å². The summed E-state index contributed by atoms with van der Waals surface area (Å²) in [4.78, 5) is 15.9. The van der Waals surface area contributed by atoms with Gasteiger partial charge in [0.2, 0.25) is 0 Å². The Balaban J connectivity index is 2.16. The van der Waals surface area contributed by atoms with Crippen LogP contribution in [0.25, 0.3) is 0 Å². The molecule has 1 unspecified atom stereocenters. The number of carbonyl (C=O) groups excluding carboxylic acids is 1. The third-order valence-corrected chi connectivity index (χ3v) is 2.41. The molecule has 15 heavy (non-hydrogen) atoms. The van der Waals surface area contributed by atoms with Gasteiger partial charge in [0.05, 0.1) is 19.8 Å². The summed E-state index contributed by atoms with van der Waals surface area (Å²) in [5.74, 6) is -0.0414. The minimum absolute atomic E-state index is 0.0414. The van der Waals surface area contributed by atoms with Crippen molar-refractivity contribution in [3.63, 3.8) is 0 Å². The van der Waals surface area contributed by atoms with Crippen LogP contribution in [0.15, 0.2) is 18.5 Å². The van der Waals surface area contributed by atoms with E-state index in [0.717, 1.165) is 5.56 Å². The fourth-order valence-corrected chi connectivity index (χ4v) is 1.53. The summed E-state index contributed by atoms with van der Waals surface area (Å²) in [6, 6.07) is 1.82. The Morgan fingerprint density at radius 1 is 1.53 bits per heavy atom. The Morgan fingerprint density at radius 3 is 3.07 bits per heavy atom. The molecule has 0 aliphatic carbocycles. The summed E-state index contributed by atoms with van der Waals surface area (Å²) in [6.07, 6.45) is 2.78. The van der Waals surface area contributed by atoms with Crippen LogP contribution in [0.1, 0.15) is 15.9 Å². The topological polar surface area (TPSA) is 48.4 Å². The molecule has 1 aromatic heterocycles. The summed E-state index contributed by atoms with van der Waals surface area (Å²) in [5, 5.41) is 0. The third-order valence-electron chi connectivity index (χ3n) is 2.41. The monoisotopic (exact) mass is 207 g/mol. The van der Waals surface area contributed by atoms with Crippen LogP contribution in [0.4, 0.5) is 0 Å². The van der Waals surface area contributed by atoms with E-state index in [1.807, 2.05) is 13.0 Å². The van der Waals surface area contributed by atoms with Gasteiger partial charge in [-0.1, -0.05) is 0 Å². The number of hydrogen-bond acceptors (Lipinski definition) is 4. The smallest absolute Gasteiger partial charge is 0.195 e. The van der Waals surface area contributed by atoms with Crippen molar-refractivity contribution >= 4 is 5.78 Å². The fourth-order valence-electron chi connectivity index (χ4n) is 1.53. The van der Waals surface area contributed by atoms with Gasteiger partial charge in [-0.2, -0.15) is 0 Å². The highest BCUT2D eigenvalue weighted by molar-refractivity contribution is 6.00. The molecule has 1 atom stereocenters. The Bertz CT molecular complexity index is 359. The lowest BCUT2D eigenvalue weighted by Crippen LogP contribution is -2.35. The van der Waals surface area contributed by atoms with E-state index >= 15 is 0 Å². The number of ketones is 1. The molecule has 0 spiro atoms. The molecule has 4 heteroatoms. The van der Waals surface area contributed by atoms with Crippen molar-refractivity contribution in [2.75, 3.05) is 19.8 Å². The van der Waals surface area contributed by atoms with E-state index in [4.69, 9.17) is 9.47 Å². The van der Waals surface area contributed by atoms with Crippen LogP contribution >= 0.6 is 0 Å². The van der Waals surface area contributed by atoms with Gasteiger partial charge in [0.25, 0.3) is 0 Å². The van der Waals surface area contributed by atoms with E-state index in [-0.39, 0.29) is 5.78 Å². The average molecular weight is 207 g/mol. The van der Waals surface area contributed by atoms with Crippen molar-refractivity contribution in [3.8, 4) is 0 Å². The first kappa shape index (κ1) is 10.3. The lowest BCUT2D eigenvalue weighted by Gasteiger charge is -2.22. The number of nitrogens with zero attached hydrogens (tertiary/aromatic N) is 1. The van der Waals surface area contributed by atoms with Gasteiger partial charge in [0.1, 0.15) is 6.10 Å². The Labute approximate surface area is 88.2 Å². The Morgan fingerprint density at radius 2 is 2.40 bits per heavy atom. The number of ether oxygens (including phenoxy) is 2. The van der Waals surface area contributed by atoms with Crippen molar-refractivity contribution < 1.29 is 14.3 Å². The predicted octanol–water partition coefficient (Wildman–Crippen LogP) is 0.988. The SMILES string of the molecule is Cc1ccncc1C(=O)C1COCCO1. The van der Waals surface area contributed by atoms with Crippen molar-refractivity contribution in [2.45, 2.75) is 13.0 Å². The van der Waals surface area contributed by atoms with Crippen LogP contribution in [-0.4, -0.2) is 36.7 Å². The fraction of sp³-hybridized carbons (Fsp3) is 0.455. The first-order valence-corrected chi connectivity index (χ1v) is 4.93. The second-order valence-corrected chi connectivity index (χ2v) is 3.49. The largest absolute Gasteiger partial charge is 0.376 e. The molecule has 80 valence electrons. The van der Waals surface area contributed by atoms with E-state index < -0.39 is 6.10 Å². The zero-order valence-corrected chi connectivity index (χ0v) is 8.60. The quantitative estimate of drug-likeness (QED) is 0.678. The molecule has 0 radical (unpaired) electrons. The van der Waals surface area contributed by atoms with Gasteiger partial charge in [0, 0.05) is 18.0 Å². The minimum atomic E-state index is -0.471. The van der Waals surface area contributed by atoms with Crippen LogP contribution in [0, 0.1) is 6.92 Å². The molecule has 0 N–H and O–H groups in total. The number of hydrogen-bond donors (Lipinski definition) is 0. The average Bonchev–Trinajstić information content (AvgIpc) is 2.30. The van der Waals surface area contributed by atoms with Gasteiger partial charge in [0.15, 0.2) is 5.78 Å². The maximum Gasteiger partial charge on any atom is 0.195 e. The lowest BCUT2D eigenvalue weighted by atomic mass is 10.0. The molecular weight excluding hydrogens is 194 g/mol. The Kier molecular flexibility index (Phi) is 3.08. The second-order valence-electron chi connectivity index (χ2n) is 3.49. The number of aromatic nitrogens is 1. The molecule has 0 aromatic carbocycles. The van der Waals surface area contributed by atoms with E-state index in [2.05, 4.69) is 4.98 Å². The number of aryl methyl sites for hydroxylation is 1. The summed E-state index contributed by atoms with van der Waals surface area (Å²) in [7, 11) is 0. The van der Waals surface area contributed by atoms with Crippen LogP contribution < -0.4 is 0 Å². The van der Waals surface area contributed by atoms with E-state index in [1.165, 1.54) is 0 Å². The van der Waals surface area contributed by atoms with Crippen LogP contribution in [0.2, 0.25) is 0 Å². The molecule has 4 nitrogen and oxygen atoms in total. The van der Waals surface area contributed by atoms with Crippen LogP contribution in [0.5, 0.6) is 0 Å². The van der Waals surface area contributed by atoms with Gasteiger partial charge in [-0.05, 0) is 18.6 Å². The zero-order valence-electron chi connectivity index (χ0n) is 8.60. The Hall–Kier alpha value is -1.26. The summed E-state index contributed by atoms with van der Waals surface area (Å²) < 4.78 is 10.5. The van der Waals surface area contributed by atoms with Crippen LogP contribution in [0.3, 0.4) is 0 Å². The third kappa shape index (κ3) is 2.22. The first-order chi connectivity index (χ1) is 7.29. The van der Waals surface area contributed by atoms with E-state index in [1.54, 1.807) is 12.4 Å². The highest BCUT2D eigenvalue weighted by Gasteiger charge is 2.24. The molecule has 1 fully saturated rings. The standard InChI is InChI=1S/C11H13NO3/c1-8-2-3-12-6-9(8)11(13)10-7-14-4-5-15-10/h2-3,6,10H,4-5,7H2,1H3. The van der Waals surface area contributed by atoms with Crippen molar-refractivity contribution in [1.29, 1.82) is 0 Å². The zero-order chi connectivity index (χ0) is 10.7. The minimum Gasteiger partial charge on any atom is -0.376 e. The molecule has 1 aliphatic heterocycles. The van der Waals surface area contributed by atoms with Gasteiger partial charge >= 0.3 is 0 Å². The molecular formula is C11H13NO3. The van der Waals surface area contributed by atoms with Gasteiger partial charge < -0.3 is 9.47 Å². The summed E-state index contributed by atoms with van der Waals surface area (Å²) in [6.45, 7) is 3.28. The van der Waals surface area contributed by atoms with E-state index in [9.17, 15) is 4.79 Å². The van der Waals surface area contributed by atoms with Gasteiger partial charge in [-0.3, -0.25) is 9.78 Å².